The van der Waals surface area contributed by atoms with Crippen LogP contribution in [0.4, 0.5) is 5.82 Å². The molecule has 7 nitrogen and oxygen atoms in total. The standard InChI is InChI=1S/C10H11BrN4O3S/c11-7-3-9(10(13)14-5-7)19(16,17)15-1-2-18-8(4-12)6-15/h3,5,8H,1-2,6H2,(H2,13,14). The number of aromatic nitrogens is 1. The van der Waals surface area contributed by atoms with Gasteiger partial charge in [0.2, 0.25) is 10.0 Å². The smallest absolute Gasteiger partial charge is 0.246 e. The van der Waals surface area contributed by atoms with Crippen LogP contribution in [0.3, 0.4) is 0 Å². The lowest BCUT2D eigenvalue weighted by Gasteiger charge is -2.29. The van der Waals surface area contributed by atoms with E-state index in [9.17, 15) is 8.42 Å². The fraction of sp³-hybridized carbons (Fsp3) is 0.400. The molecule has 1 unspecified atom stereocenters. The van der Waals surface area contributed by atoms with E-state index in [0.29, 0.717) is 4.47 Å². The normalized spacial score (nSPS) is 20.9. The molecule has 0 amide bonds. The number of nitrogen functional groups attached to an aromatic ring is 1. The van der Waals surface area contributed by atoms with E-state index in [0.717, 1.165) is 0 Å². The summed E-state index contributed by atoms with van der Waals surface area (Å²) in [5.41, 5.74) is 5.62. The summed E-state index contributed by atoms with van der Waals surface area (Å²) in [5.74, 6) is -0.0665. The van der Waals surface area contributed by atoms with Gasteiger partial charge in [-0.1, -0.05) is 0 Å². The fourth-order valence-corrected chi connectivity index (χ4v) is 3.70. The number of pyridine rings is 1. The number of hydrogen-bond donors (Lipinski definition) is 1. The van der Waals surface area contributed by atoms with E-state index in [1.54, 1.807) is 0 Å². The third-order valence-corrected chi connectivity index (χ3v) is 4.97. The first-order chi connectivity index (χ1) is 8.95. The van der Waals surface area contributed by atoms with Gasteiger partial charge < -0.3 is 10.5 Å². The maximum absolute atomic E-state index is 12.4. The summed E-state index contributed by atoms with van der Waals surface area (Å²) in [4.78, 5) is 3.74. The van der Waals surface area contributed by atoms with E-state index in [1.165, 1.54) is 16.6 Å². The summed E-state index contributed by atoms with van der Waals surface area (Å²) in [6.07, 6.45) is 0.663. The van der Waals surface area contributed by atoms with E-state index < -0.39 is 16.1 Å². The van der Waals surface area contributed by atoms with Crippen molar-refractivity contribution in [3.05, 3.63) is 16.7 Å². The van der Waals surface area contributed by atoms with Gasteiger partial charge in [-0.25, -0.2) is 13.4 Å². The summed E-state index contributed by atoms with van der Waals surface area (Å²) in [6.45, 7) is 0.357. The molecule has 1 aromatic heterocycles. The molecule has 0 aliphatic carbocycles. The predicted molar refractivity (Wildman–Crippen MR) is 70.5 cm³/mol. The number of halogens is 1. The van der Waals surface area contributed by atoms with E-state index >= 15 is 0 Å². The van der Waals surface area contributed by atoms with E-state index in [-0.39, 0.29) is 30.4 Å². The minimum atomic E-state index is -3.77. The maximum atomic E-state index is 12.4. The Morgan fingerprint density at radius 2 is 2.37 bits per heavy atom. The minimum Gasteiger partial charge on any atom is -0.383 e. The van der Waals surface area contributed by atoms with Crippen molar-refractivity contribution in [1.82, 2.24) is 9.29 Å². The number of nitriles is 1. The second-order valence-electron chi connectivity index (χ2n) is 3.89. The molecule has 1 aliphatic rings. The van der Waals surface area contributed by atoms with E-state index in [2.05, 4.69) is 20.9 Å². The van der Waals surface area contributed by atoms with Gasteiger partial charge in [-0.2, -0.15) is 9.57 Å². The van der Waals surface area contributed by atoms with Gasteiger partial charge in [0, 0.05) is 17.2 Å². The van der Waals surface area contributed by atoms with Crippen LogP contribution in [-0.2, 0) is 14.8 Å². The average Bonchev–Trinajstić information content (AvgIpc) is 2.41. The van der Waals surface area contributed by atoms with Gasteiger partial charge in [0.1, 0.15) is 10.7 Å². The molecular weight excluding hydrogens is 336 g/mol. The molecule has 1 fully saturated rings. The molecule has 0 bridgehead atoms. The van der Waals surface area contributed by atoms with Gasteiger partial charge in [-0.3, -0.25) is 0 Å². The SMILES string of the molecule is N#CC1CN(S(=O)(=O)c2cc(Br)cnc2N)CCO1. The molecule has 2 rings (SSSR count). The van der Waals surface area contributed by atoms with Gasteiger partial charge in [-0.05, 0) is 22.0 Å². The zero-order valence-corrected chi connectivity index (χ0v) is 12.2. The van der Waals surface area contributed by atoms with Crippen LogP contribution < -0.4 is 5.73 Å². The molecule has 1 aromatic rings. The lowest BCUT2D eigenvalue weighted by Crippen LogP contribution is -2.45. The lowest BCUT2D eigenvalue weighted by molar-refractivity contribution is 0.0311. The first kappa shape index (κ1) is 14.2. The number of nitrogens with two attached hydrogens (primary N) is 1. The van der Waals surface area contributed by atoms with Gasteiger partial charge >= 0.3 is 0 Å². The number of ether oxygens (including phenoxy) is 1. The summed E-state index contributed by atoms with van der Waals surface area (Å²) in [6, 6.07) is 3.30. The molecular formula is C10H11BrN4O3S. The van der Waals surface area contributed by atoms with Gasteiger partial charge in [0.05, 0.1) is 19.2 Å². The first-order valence-corrected chi connectivity index (χ1v) is 7.61. The van der Waals surface area contributed by atoms with Crippen molar-refractivity contribution in [3.63, 3.8) is 0 Å². The highest BCUT2D eigenvalue weighted by molar-refractivity contribution is 9.10. The summed E-state index contributed by atoms with van der Waals surface area (Å²) in [7, 11) is -3.77. The van der Waals surface area contributed by atoms with Crippen molar-refractivity contribution in [3.8, 4) is 6.07 Å². The van der Waals surface area contributed by atoms with Crippen molar-refractivity contribution >= 4 is 31.8 Å². The van der Waals surface area contributed by atoms with Crippen LogP contribution in [0.15, 0.2) is 21.6 Å². The second kappa shape index (κ2) is 5.42. The van der Waals surface area contributed by atoms with Crippen molar-refractivity contribution in [2.75, 3.05) is 25.4 Å². The Morgan fingerprint density at radius 3 is 3.05 bits per heavy atom. The highest BCUT2D eigenvalue weighted by Crippen LogP contribution is 2.25. The topological polar surface area (TPSA) is 109 Å². The molecule has 1 atom stereocenters. The minimum absolute atomic E-state index is 0.00914. The van der Waals surface area contributed by atoms with Crippen molar-refractivity contribution in [2.45, 2.75) is 11.0 Å². The van der Waals surface area contributed by atoms with Crippen LogP contribution in [0.25, 0.3) is 0 Å². The largest absolute Gasteiger partial charge is 0.383 e. The van der Waals surface area contributed by atoms with Crippen molar-refractivity contribution in [2.24, 2.45) is 0 Å². The highest BCUT2D eigenvalue weighted by Gasteiger charge is 2.32. The van der Waals surface area contributed by atoms with Gasteiger partial charge in [0.15, 0.2) is 6.10 Å². The molecule has 0 spiro atoms. The highest BCUT2D eigenvalue weighted by atomic mass is 79.9. The third-order valence-electron chi connectivity index (χ3n) is 2.64. The van der Waals surface area contributed by atoms with Crippen LogP contribution in [0.2, 0.25) is 0 Å². The Bertz CT molecular complexity index is 628. The molecule has 19 heavy (non-hydrogen) atoms. The molecule has 1 aliphatic heterocycles. The first-order valence-electron chi connectivity index (χ1n) is 5.37. The molecule has 2 N–H and O–H groups in total. The molecule has 9 heteroatoms. The van der Waals surface area contributed by atoms with Crippen molar-refractivity contribution < 1.29 is 13.2 Å². The number of morpholine rings is 1. The van der Waals surface area contributed by atoms with Gasteiger partial charge in [0.25, 0.3) is 0 Å². The van der Waals surface area contributed by atoms with Crippen LogP contribution in [0.5, 0.6) is 0 Å². The second-order valence-corrected chi connectivity index (χ2v) is 6.71. The van der Waals surface area contributed by atoms with Crippen LogP contribution in [-0.4, -0.2) is 43.5 Å². The number of anilines is 1. The van der Waals surface area contributed by atoms with Crippen LogP contribution >= 0.6 is 15.9 Å². The number of sulfonamides is 1. The summed E-state index contributed by atoms with van der Waals surface area (Å²) >= 11 is 3.16. The van der Waals surface area contributed by atoms with E-state index in [4.69, 9.17) is 15.7 Å². The fourth-order valence-electron chi connectivity index (χ4n) is 1.70. The van der Waals surface area contributed by atoms with E-state index in [1.807, 2.05) is 6.07 Å². The predicted octanol–water partition coefficient (Wildman–Crippen LogP) is 0.339. The Hall–Kier alpha value is -1.21. The third kappa shape index (κ3) is 2.87. The summed E-state index contributed by atoms with van der Waals surface area (Å²) < 4.78 is 31.7. The monoisotopic (exact) mass is 346 g/mol. The number of nitrogens with zero attached hydrogens (tertiary/aromatic N) is 3. The van der Waals surface area contributed by atoms with Crippen LogP contribution in [0, 0.1) is 11.3 Å². The average molecular weight is 347 g/mol. The Morgan fingerprint density at radius 1 is 1.63 bits per heavy atom. The molecule has 0 radical (unpaired) electrons. The lowest BCUT2D eigenvalue weighted by atomic mass is 10.3. The Balaban J connectivity index is 2.37. The Labute approximate surface area is 119 Å². The molecule has 1 saturated heterocycles. The quantitative estimate of drug-likeness (QED) is 0.826. The van der Waals surface area contributed by atoms with Crippen molar-refractivity contribution in [1.29, 1.82) is 5.26 Å². The Kier molecular flexibility index (Phi) is 4.05. The number of hydrogen-bond acceptors (Lipinski definition) is 6. The zero-order chi connectivity index (χ0) is 14.0. The molecule has 2 heterocycles. The molecule has 0 aromatic carbocycles. The molecule has 102 valence electrons. The van der Waals surface area contributed by atoms with Gasteiger partial charge in [-0.15, -0.1) is 0 Å². The maximum Gasteiger partial charge on any atom is 0.246 e. The molecule has 0 saturated carbocycles. The zero-order valence-electron chi connectivity index (χ0n) is 9.78. The number of rotatable bonds is 2. The summed E-state index contributed by atoms with van der Waals surface area (Å²) in [5, 5.41) is 8.80. The van der Waals surface area contributed by atoms with Crippen LogP contribution in [0.1, 0.15) is 0 Å².